The summed E-state index contributed by atoms with van der Waals surface area (Å²) in [4.78, 5) is 24.0. The van der Waals surface area contributed by atoms with E-state index in [9.17, 15) is 9.59 Å². The van der Waals surface area contributed by atoms with Crippen LogP contribution in [0.25, 0.3) is 0 Å². The Bertz CT molecular complexity index is 492. The molecule has 0 aliphatic carbocycles. The Morgan fingerprint density at radius 2 is 2.24 bits per heavy atom. The van der Waals surface area contributed by atoms with Crippen LogP contribution in [0.3, 0.4) is 0 Å². The van der Waals surface area contributed by atoms with Crippen LogP contribution in [-0.4, -0.2) is 28.8 Å². The molecule has 0 saturated carbocycles. The lowest BCUT2D eigenvalue weighted by Gasteiger charge is -2.18. The zero-order valence-electron chi connectivity index (χ0n) is 8.76. The van der Waals surface area contributed by atoms with Gasteiger partial charge < -0.3 is 10.0 Å². The molecular weight excluding hydrogens is 262 g/mol. The number of anilines is 1. The molecule has 0 radical (unpaired) electrons. The minimum absolute atomic E-state index is 0.0351. The van der Waals surface area contributed by atoms with Gasteiger partial charge in [-0.25, -0.2) is 4.79 Å². The second-order valence-corrected chi connectivity index (χ2v) is 4.97. The Morgan fingerprint density at radius 3 is 2.76 bits per heavy atom. The number of rotatable bonds is 2. The number of amides is 1. The summed E-state index contributed by atoms with van der Waals surface area (Å²) in [5.74, 6) is -1.13. The molecule has 1 aliphatic rings. The molecule has 1 atom stereocenters. The third-order valence-electron chi connectivity index (χ3n) is 2.59. The zero-order chi connectivity index (χ0) is 12.6. The van der Waals surface area contributed by atoms with E-state index in [0.29, 0.717) is 23.7 Å². The SMILES string of the molecule is O=C(O)c1ccc(Cl)c(N2CC(S)CC2=O)c1. The third kappa shape index (κ3) is 2.40. The van der Waals surface area contributed by atoms with E-state index in [1.54, 1.807) is 0 Å². The van der Waals surface area contributed by atoms with Crippen molar-refractivity contribution in [3.63, 3.8) is 0 Å². The number of hydrogen-bond donors (Lipinski definition) is 2. The summed E-state index contributed by atoms with van der Waals surface area (Å²) in [6.07, 6.45) is 0.344. The summed E-state index contributed by atoms with van der Waals surface area (Å²) in [5.41, 5.74) is 0.549. The van der Waals surface area contributed by atoms with Crippen LogP contribution in [0, 0.1) is 0 Å². The molecule has 1 unspecified atom stereocenters. The Balaban J connectivity index is 2.41. The molecule has 6 heteroatoms. The minimum Gasteiger partial charge on any atom is -0.478 e. The molecule has 90 valence electrons. The maximum atomic E-state index is 11.7. The number of nitrogens with zero attached hydrogens (tertiary/aromatic N) is 1. The number of benzene rings is 1. The average molecular weight is 272 g/mol. The molecular formula is C11H10ClNO3S. The van der Waals surface area contributed by atoms with Crippen molar-refractivity contribution in [2.24, 2.45) is 0 Å². The highest BCUT2D eigenvalue weighted by atomic mass is 35.5. The highest BCUT2D eigenvalue weighted by molar-refractivity contribution is 7.81. The number of hydrogen-bond acceptors (Lipinski definition) is 3. The molecule has 0 aromatic heterocycles. The van der Waals surface area contributed by atoms with Gasteiger partial charge in [-0.1, -0.05) is 11.6 Å². The van der Waals surface area contributed by atoms with Gasteiger partial charge in [0.2, 0.25) is 5.91 Å². The minimum atomic E-state index is -1.04. The summed E-state index contributed by atoms with van der Waals surface area (Å²) in [5, 5.41) is 9.23. The lowest BCUT2D eigenvalue weighted by atomic mass is 10.2. The van der Waals surface area contributed by atoms with E-state index in [1.165, 1.54) is 23.1 Å². The fourth-order valence-electron chi connectivity index (χ4n) is 1.77. The van der Waals surface area contributed by atoms with Gasteiger partial charge in [0.05, 0.1) is 16.3 Å². The van der Waals surface area contributed by atoms with Crippen molar-refractivity contribution in [3.8, 4) is 0 Å². The summed E-state index contributed by atoms with van der Waals surface area (Å²) in [7, 11) is 0. The third-order valence-corrected chi connectivity index (χ3v) is 3.25. The molecule has 17 heavy (non-hydrogen) atoms. The van der Waals surface area contributed by atoms with Gasteiger partial charge in [0, 0.05) is 18.2 Å². The zero-order valence-corrected chi connectivity index (χ0v) is 10.4. The van der Waals surface area contributed by atoms with E-state index in [4.69, 9.17) is 16.7 Å². The van der Waals surface area contributed by atoms with E-state index in [2.05, 4.69) is 12.6 Å². The van der Waals surface area contributed by atoms with Gasteiger partial charge in [-0.3, -0.25) is 4.79 Å². The van der Waals surface area contributed by atoms with Crippen molar-refractivity contribution in [3.05, 3.63) is 28.8 Å². The van der Waals surface area contributed by atoms with Crippen LogP contribution in [0.4, 0.5) is 5.69 Å². The smallest absolute Gasteiger partial charge is 0.335 e. The molecule has 1 saturated heterocycles. The maximum absolute atomic E-state index is 11.7. The van der Waals surface area contributed by atoms with Gasteiger partial charge >= 0.3 is 5.97 Å². The van der Waals surface area contributed by atoms with Gasteiger partial charge in [0.1, 0.15) is 0 Å². The van der Waals surface area contributed by atoms with Gasteiger partial charge in [0.25, 0.3) is 0 Å². The molecule has 4 nitrogen and oxygen atoms in total. The molecule has 1 fully saturated rings. The first-order chi connectivity index (χ1) is 7.99. The van der Waals surface area contributed by atoms with Crippen molar-refractivity contribution in [2.45, 2.75) is 11.7 Å². The van der Waals surface area contributed by atoms with Crippen LogP contribution in [0.2, 0.25) is 5.02 Å². The molecule has 2 rings (SSSR count). The molecule has 1 amide bonds. The van der Waals surface area contributed by atoms with Crippen molar-refractivity contribution in [1.29, 1.82) is 0 Å². The first-order valence-electron chi connectivity index (χ1n) is 5.00. The number of halogens is 1. The van der Waals surface area contributed by atoms with Gasteiger partial charge in [-0.2, -0.15) is 12.6 Å². The first kappa shape index (κ1) is 12.3. The number of aromatic carboxylic acids is 1. The Morgan fingerprint density at radius 1 is 1.53 bits per heavy atom. The summed E-state index contributed by atoms with van der Waals surface area (Å²) >= 11 is 10.2. The molecule has 1 aliphatic heterocycles. The largest absolute Gasteiger partial charge is 0.478 e. The molecule has 1 heterocycles. The summed E-state index contributed by atoms with van der Waals surface area (Å²) in [6, 6.07) is 4.31. The van der Waals surface area contributed by atoms with Gasteiger partial charge in [-0.05, 0) is 18.2 Å². The van der Waals surface area contributed by atoms with Crippen LogP contribution in [0.1, 0.15) is 16.8 Å². The molecule has 1 aromatic rings. The Labute approximate surface area is 109 Å². The van der Waals surface area contributed by atoms with E-state index in [-0.39, 0.29) is 16.7 Å². The van der Waals surface area contributed by atoms with Crippen molar-refractivity contribution in [1.82, 2.24) is 0 Å². The maximum Gasteiger partial charge on any atom is 0.335 e. The van der Waals surface area contributed by atoms with Crippen LogP contribution in [0.15, 0.2) is 18.2 Å². The van der Waals surface area contributed by atoms with Crippen LogP contribution >= 0.6 is 24.2 Å². The Hall–Kier alpha value is -1.20. The van der Waals surface area contributed by atoms with E-state index in [1.807, 2.05) is 0 Å². The van der Waals surface area contributed by atoms with Crippen LogP contribution < -0.4 is 4.90 Å². The highest BCUT2D eigenvalue weighted by Crippen LogP contribution is 2.31. The molecule has 0 bridgehead atoms. The van der Waals surface area contributed by atoms with Gasteiger partial charge in [-0.15, -0.1) is 0 Å². The van der Waals surface area contributed by atoms with Crippen molar-refractivity contribution < 1.29 is 14.7 Å². The number of carboxylic acid groups (broad SMARTS) is 1. The molecule has 1 aromatic carbocycles. The topological polar surface area (TPSA) is 57.6 Å². The van der Waals surface area contributed by atoms with Crippen molar-refractivity contribution in [2.75, 3.05) is 11.4 Å². The fraction of sp³-hybridized carbons (Fsp3) is 0.273. The van der Waals surface area contributed by atoms with E-state index >= 15 is 0 Å². The van der Waals surface area contributed by atoms with Gasteiger partial charge in [0.15, 0.2) is 0 Å². The lowest BCUT2D eigenvalue weighted by molar-refractivity contribution is -0.117. The van der Waals surface area contributed by atoms with Crippen LogP contribution in [0.5, 0.6) is 0 Å². The lowest BCUT2D eigenvalue weighted by Crippen LogP contribution is -2.25. The highest BCUT2D eigenvalue weighted by Gasteiger charge is 2.29. The van der Waals surface area contributed by atoms with Crippen molar-refractivity contribution >= 4 is 41.8 Å². The van der Waals surface area contributed by atoms with E-state index in [0.717, 1.165) is 0 Å². The second-order valence-electron chi connectivity index (χ2n) is 3.83. The molecule has 1 N–H and O–H groups in total. The number of thiol groups is 1. The quantitative estimate of drug-likeness (QED) is 0.810. The predicted molar refractivity (Wildman–Crippen MR) is 68.2 cm³/mol. The number of carbonyl (C=O) groups is 2. The van der Waals surface area contributed by atoms with Crippen LogP contribution in [-0.2, 0) is 4.79 Å². The standard InChI is InChI=1S/C11H10ClNO3S/c12-8-2-1-6(11(15)16)3-9(8)13-5-7(17)4-10(13)14/h1-3,7,17H,4-5H2,(H,15,16). The predicted octanol–water partition coefficient (Wildman–Crippen LogP) is 2.07. The average Bonchev–Trinajstić information content (AvgIpc) is 2.58. The summed E-state index contributed by atoms with van der Waals surface area (Å²) in [6.45, 7) is 0.449. The monoisotopic (exact) mass is 271 g/mol. The normalized spacial score (nSPS) is 19.8. The summed E-state index contributed by atoms with van der Waals surface area (Å²) < 4.78 is 0. The number of carboxylic acids is 1. The fourth-order valence-corrected chi connectivity index (χ4v) is 2.31. The number of carbonyl (C=O) groups excluding carboxylic acids is 1. The Kier molecular flexibility index (Phi) is 3.31. The second kappa shape index (κ2) is 4.58. The van der Waals surface area contributed by atoms with E-state index < -0.39 is 5.97 Å². The first-order valence-corrected chi connectivity index (χ1v) is 5.89. The molecule has 0 spiro atoms.